The lowest BCUT2D eigenvalue weighted by Gasteiger charge is -2.25. The Morgan fingerprint density at radius 1 is 1.12 bits per heavy atom. The number of amides is 1. The van der Waals surface area contributed by atoms with Gasteiger partial charge in [-0.05, 0) is 44.5 Å². The Hall–Kier alpha value is -3.26. The number of anilines is 1. The molecule has 7 nitrogen and oxygen atoms in total. The summed E-state index contributed by atoms with van der Waals surface area (Å²) in [5.74, 6) is 1.25. The number of para-hydroxylation sites is 1. The molecular weight excluding hydrogens is 426 g/mol. The smallest absolute Gasteiger partial charge is 0.408 e. The van der Waals surface area contributed by atoms with Gasteiger partial charge in [-0.2, -0.15) is 0 Å². The van der Waals surface area contributed by atoms with Gasteiger partial charge < -0.3 is 29.8 Å². The number of aromatic amines is 1. The number of hydrogen-bond donors (Lipinski definition) is 3. The Kier molecular flexibility index (Phi) is 7.25. The normalized spacial score (nSPS) is 12.2. The summed E-state index contributed by atoms with van der Waals surface area (Å²) in [4.78, 5) is 16.3. The van der Waals surface area contributed by atoms with Crippen molar-refractivity contribution in [3.8, 4) is 11.5 Å². The van der Waals surface area contributed by atoms with Gasteiger partial charge in [-0.25, -0.2) is 4.79 Å². The molecule has 32 heavy (non-hydrogen) atoms. The van der Waals surface area contributed by atoms with Gasteiger partial charge in [-0.3, -0.25) is 0 Å². The highest BCUT2D eigenvalue weighted by Gasteiger charge is 2.24. The van der Waals surface area contributed by atoms with Crippen LogP contribution in [0.25, 0.3) is 10.9 Å². The van der Waals surface area contributed by atoms with Crippen molar-refractivity contribution in [3.05, 3.63) is 54.2 Å². The number of ether oxygens (including phenoxy) is 3. The van der Waals surface area contributed by atoms with E-state index in [-0.39, 0.29) is 0 Å². The molecule has 1 atom stereocenters. The highest BCUT2D eigenvalue weighted by Crippen LogP contribution is 2.29. The summed E-state index contributed by atoms with van der Waals surface area (Å²) in [5, 5.41) is 7.20. The quantitative estimate of drug-likeness (QED) is 0.432. The molecular formula is C24H29N3O4S. The summed E-state index contributed by atoms with van der Waals surface area (Å²) < 4.78 is 16.2. The molecule has 0 bridgehead atoms. The summed E-state index contributed by atoms with van der Waals surface area (Å²) in [6, 6.07) is 12.9. The van der Waals surface area contributed by atoms with Crippen LogP contribution in [0.4, 0.5) is 10.5 Å². The van der Waals surface area contributed by atoms with E-state index in [2.05, 4.69) is 15.6 Å². The summed E-state index contributed by atoms with van der Waals surface area (Å²) in [6.45, 7) is 5.46. The zero-order chi connectivity index (χ0) is 23.3. The standard InChI is InChI=1S/C24H29N3O4S/c1-24(2,3)31-23(28)27-20(12-15-14-25-18-9-7-6-8-17(15)18)22(32)26-19-11-10-16(29-4)13-21(19)30-5/h6-11,13-14,20,25H,12H2,1-5H3,(H,26,32)(H,27,28)/t20-/m1/s1. The first-order valence-electron chi connectivity index (χ1n) is 10.3. The van der Waals surface area contributed by atoms with Crippen LogP contribution < -0.4 is 20.1 Å². The minimum absolute atomic E-state index is 0.435. The number of alkyl carbamates (subject to hydrolysis) is 1. The van der Waals surface area contributed by atoms with Crippen LogP contribution in [0.5, 0.6) is 11.5 Å². The van der Waals surface area contributed by atoms with Crippen LogP contribution in [0.1, 0.15) is 26.3 Å². The molecule has 0 saturated carbocycles. The van der Waals surface area contributed by atoms with Gasteiger partial charge in [0.1, 0.15) is 22.1 Å². The molecule has 0 spiro atoms. The maximum Gasteiger partial charge on any atom is 0.408 e. The SMILES string of the molecule is COc1ccc(NC(=S)[C@@H](Cc2c[nH]c3ccccc23)NC(=O)OC(C)(C)C)c(OC)c1. The number of hydrogen-bond acceptors (Lipinski definition) is 5. The van der Waals surface area contributed by atoms with Crippen molar-refractivity contribution in [2.24, 2.45) is 0 Å². The lowest BCUT2D eigenvalue weighted by Crippen LogP contribution is -2.46. The van der Waals surface area contributed by atoms with E-state index in [0.717, 1.165) is 16.5 Å². The van der Waals surface area contributed by atoms with E-state index >= 15 is 0 Å². The number of carbonyl (C=O) groups is 1. The fourth-order valence-corrected chi connectivity index (χ4v) is 3.55. The Morgan fingerprint density at radius 3 is 2.56 bits per heavy atom. The predicted molar refractivity (Wildman–Crippen MR) is 131 cm³/mol. The lowest BCUT2D eigenvalue weighted by atomic mass is 10.0. The molecule has 170 valence electrons. The molecule has 0 aliphatic heterocycles. The molecule has 8 heteroatoms. The first-order valence-corrected chi connectivity index (χ1v) is 10.7. The average molecular weight is 456 g/mol. The van der Waals surface area contributed by atoms with Gasteiger partial charge in [0, 0.05) is 29.6 Å². The van der Waals surface area contributed by atoms with Gasteiger partial charge in [0.2, 0.25) is 0 Å². The Labute approximate surface area is 193 Å². The number of thiocarbonyl (C=S) groups is 1. The summed E-state index contributed by atoms with van der Waals surface area (Å²) in [7, 11) is 3.17. The average Bonchev–Trinajstić information content (AvgIpc) is 3.15. The molecule has 1 amide bonds. The molecule has 1 heterocycles. The Bertz CT molecular complexity index is 1100. The van der Waals surface area contributed by atoms with E-state index in [1.165, 1.54) is 0 Å². The number of benzene rings is 2. The van der Waals surface area contributed by atoms with Gasteiger partial charge in [0.15, 0.2) is 0 Å². The van der Waals surface area contributed by atoms with Gasteiger partial charge in [-0.1, -0.05) is 30.4 Å². The number of fused-ring (bicyclic) bond motifs is 1. The lowest BCUT2D eigenvalue weighted by molar-refractivity contribution is 0.0518. The van der Waals surface area contributed by atoms with Crippen molar-refractivity contribution in [3.63, 3.8) is 0 Å². The fourth-order valence-electron chi connectivity index (χ4n) is 3.30. The number of H-pyrrole nitrogens is 1. The van der Waals surface area contributed by atoms with E-state index in [1.54, 1.807) is 20.3 Å². The second-order valence-corrected chi connectivity index (χ2v) is 8.76. The van der Waals surface area contributed by atoms with Crippen molar-refractivity contribution < 1.29 is 19.0 Å². The number of rotatable bonds is 7. The van der Waals surface area contributed by atoms with Crippen LogP contribution in [0.15, 0.2) is 48.7 Å². The number of aromatic nitrogens is 1. The molecule has 0 saturated heterocycles. The number of methoxy groups -OCH3 is 2. The van der Waals surface area contributed by atoms with E-state index in [0.29, 0.717) is 28.6 Å². The van der Waals surface area contributed by atoms with E-state index < -0.39 is 17.7 Å². The molecule has 2 aromatic carbocycles. The maximum absolute atomic E-state index is 12.6. The van der Waals surface area contributed by atoms with Gasteiger partial charge >= 0.3 is 6.09 Å². The van der Waals surface area contributed by atoms with E-state index in [9.17, 15) is 4.79 Å². The van der Waals surface area contributed by atoms with Crippen molar-refractivity contribution in [1.29, 1.82) is 0 Å². The highest BCUT2D eigenvalue weighted by molar-refractivity contribution is 7.80. The summed E-state index contributed by atoms with van der Waals surface area (Å²) in [5.41, 5.74) is 2.11. The van der Waals surface area contributed by atoms with E-state index in [1.807, 2.05) is 63.4 Å². The molecule has 0 radical (unpaired) electrons. The second-order valence-electron chi connectivity index (χ2n) is 8.32. The van der Waals surface area contributed by atoms with Crippen molar-refractivity contribution in [2.45, 2.75) is 38.8 Å². The molecule has 1 aromatic heterocycles. The van der Waals surface area contributed by atoms with Gasteiger partial charge in [0.05, 0.1) is 25.9 Å². The maximum atomic E-state index is 12.6. The van der Waals surface area contributed by atoms with Crippen LogP contribution in [0.3, 0.4) is 0 Å². The number of carbonyl (C=O) groups excluding carboxylic acids is 1. The third-order valence-corrected chi connectivity index (χ3v) is 5.16. The topological polar surface area (TPSA) is 84.6 Å². The van der Waals surface area contributed by atoms with Crippen LogP contribution in [-0.4, -0.2) is 41.9 Å². The molecule has 3 aromatic rings. The monoisotopic (exact) mass is 455 g/mol. The first kappa shape index (κ1) is 23.4. The molecule has 3 N–H and O–H groups in total. The minimum atomic E-state index is -0.621. The second kappa shape index (κ2) is 9.91. The van der Waals surface area contributed by atoms with Crippen LogP contribution >= 0.6 is 12.2 Å². The van der Waals surface area contributed by atoms with Crippen LogP contribution in [0, 0.1) is 0 Å². The van der Waals surface area contributed by atoms with Gasteiger partial charge in [-0.15, -0.1) is 0 Å². The van der Waals surface area contributed by atoms with Crippen molar-refractivity contribution >= 4 is 39.9 Å². The molecule has 0 aliphatic carbocycles. The zero-order valence-electron chi connectivity index (χ0n) is 18.9. The summed E-state index contributed by atoms with van der Waals surface area (Å²) >= 11 is 5.70. The Morgan fingerprint density at radius 2 is 1.88 bits per heavy atom. The van der Waals surface area contributed by atoms with Crippen LogP contribution in [-0.2, 0) is 11.2 Å². The number of nitrogens with one attached hydrogen (secondary N) is 3. The molecule has 0 aliphatic rings. The zero-order valence-corrected chi connectivity index (χ0v) is 19.8. The third-order valence-electron chi connectivity index (χ3n) is 4.77. The largest absolute Gasteiger partial charge is 0.497 e. The summed E-state index contributed by atoms with van der Waals surface area (Å²) in [6.07, 6.45) is 1.88. The minimum Gasteiger partial charge on any atom is -0.497 e. The van der Waals surface area contributed by atoms with Crippen molar-refractivity contribution in [2.75, 3.05) is 19.5 Å². The van der Waals surface area contributed by atoms with Crippen molar-refractivity contribution in [1.82, 2.24) is 10.3 Å². The van der Waals surface area contributed by atoms with E-state index in [4.69, 9.17) is 26.4 Å². The fraction of sp³-hybridized carbons (Fsp3) is 0.333. The molecule has 0 unspecified atom stereocenters. The third kappa shape index (κ3) is 5.91. The molecule has 3 rings (SSSR count). The molecule has 0 fully saturated rings. The first-order chi connectivity index (χ1) is 15.2. The van der Waals surface area contributed by atoms with Crippen LogP contribution in [0.2, 0.25) is 0 Å². The highest BCUT2D eigenvalue weighted by atomic mass is 32.1. The predicted octanol–water partition coefficient (Wildman–Crippen LogP) is 5.06. The van der Waals surface area contributed by atoms with Gasteiger partial charge in [0.25, 0.3) is 0 Å². The Balaban J connectivity index is 1.85.